The van der Waals surface area contributed by atoms with Gasteiger partial charge in [-0.15, -0.1) is 0 Å². The van der Waals surface area contributed by atoms with Crippen LogP contribution in [0.3, 0.4) is 0 Å². The van der Waals surface area contributed by atoms with Crippen LogP contribution in [0.25, 0.3) is 0 Å². The topological polar surface area (TPSA) is 59.4 Å². The van der Waals surface area contributed by atoms with Gasteiger partial charge in [-0.3, -0.25) is 0 Å². The van der Waals surface area contributed by atoms with Gasteiger partial charge in [0.25, 0.3) is 0 Å². The summed E-state index contributed by atoms with van der Waals surface area (Å²) in [4.78, 5) is 14.7. The van der Waals surface area contributed by atoms with E-state index in [1.807, 2.05) is 32.0 Å². The summed E-state index contributed by atoms with van der Waals surface area (Å²) in [6.45, 7) is 3.86. The second-order valence-electron chi connectivity index (χ2n) is 4.19. The number of aromatic nitrogens is 1. The Balaban J connectivity index is 2.33. The monoisotopic (exact) mass is 277 g/mol. The number of carboxylic acids is 1. The molecule has 1 aromatic carbocycles. The maximum absolute atomic E-state index is 10.8. The quantitative estimate of drug-likeness (QED) is 0.926. The van der Waals surface area contributed by atoms with Gasteiger partial charge in [0.15, 0.2) is 0 Å². The SMILES string of the molecule is Cc1ccc(C)c(Oc2ncc(C(=O)O)cc2Cl)c1. The summed E-state index contributed by atoms with van der Waals surface area (Å²) in [6.07, 6.45) is 1.22. The Morgan fingerprint density at radius 1 is 1.32 bits per heavy atom. The van der Waals surface area contributed by atoms with Gasteiger partial charge in [0.05, 0.1) is 5.56 Å². The van der Waals surface area contributed by atoms with Crippen molar-refractivity contribution in [2.24, 2.45) is 0 Å². The first-order chi connectivity index (χ1) is 8.97. The van der Waals surface area contributed by atoms with E-state index in [0.29, 0.717) is 5.75 Å². The molecule has 98 valence electrons. The van der Waals surface area contributed by atoms with E-state index in [2.05, 4.69) is 4.98 Å². The van der Waals surface area contributed by atoms with Crippen LogP contribution in [-0.4, -0.2) is 16.1 Å². The molecule has 0 aliphatic rings. The van der Waals surface area contributed by atoms with E-state index in [-0.39, 0.29) is 16.5 Å². The van der Waals surface area contributed by atoms with Crippen molar-refractivity contribution in [3.63, 3.8) is 0 Å². The molecule has 0 radical (unpaired) electrons. The molecule has 0 saturated heterocycles. The van der Waals surface area contributed by atoms with Crippen LogP contribution in [0, 0.1) is 13.8 Å². The van der Waals surface area contributed by atoms with Crippen molar-refractivity contribution in [3.8, 4) is 11.6 Å². The molecule has 1 N–H and O–H groups in total. The highest BCUT2D eigenvalue weighted by molar-refractivity contribution is 6.32. The number of carboxylic acid groups (broad SMARTS) is 1. The largest absolute Gasteiger partial charge is 0.478 e. The molecule has 5 heteroatoms. The first-order valence-corrected chi connectivity index (χ1v) is 5.99. The first-order valence-electron chi connectivity index (χ1n) is 5.61. The molecule has 0 spiro atoms. The summed E-state index contributed by atoms with van der Waals surface area (Å²) in [5.74, 6) is -0.231. The van der Waals surface area contributed by atoms with Crippen molar-refractivity contribution in [3.05, 3.63) is 52.2 Å². The molecule has 1 aromatic heterocycles. The average Bonchev–Trinajstić information content (AvgIpc) is 2.36. The molecule has 0 saturated carbocycles. The molecule has 0 unspecified atom stereocenters. The number of nitrogens with zero attached hydrogens (tertiary/aromatic N) is 1. The predicted molar refractivity (Wildman–Crippen MR) is 72.2 cm³/mol. The number of halogens is 1. The fourth-order valence-corrected chi connectivity index (χ4v) is 1.74. The molecular formula is C14H12ClNO3. The van der Waals surface area contributed by atoms with Crippen molar-refractivity contribution in [2.75, 3.05) is 0 Å². The van der Waals surface area contributed by atoms with Gasteiger partial charge in [-0.2, -0.15) is 0 Å². The fraction of sp³-hybridized carbons (Fsp3) is 0.143. The van der Waals surface area contributed by atoms with E-state index < -0.39 is 5.97 Å². The highest BCUT2D eigenvalue weighted by atomic mass is 35.5. The summed E-state index contributed by atoms with van der Waals surface area (Å²) in [7, 11) is 0. The molecule has 0 atom stereocenters. The minimum atomic E-state index is -1.08. The summed E-state index contributed by atoms with van der Waals surface area (Å²) < 4.78 is 5.62. The fourth-order valence-electron chi connectivity index (χ4n) is 1.54. The van der Waals surface area contributed by atoms with Crippen molar-refractivity contribution in [1.29, 1.82) is 0 Å². The van der Waals surface area contributed by atoms with Crippen molar-refractivity contribution < 1.29 is 14.6 Å². The molecule has 0 bridgehead atoms. The zero-order chi connectivity index (χ0) is 14.0. The molecule has 0 amide bonds. The zero-order valence-corrected chi connectivity index (χ0v) is 11.2. The second kappa shape index (κ2) is 5.28. The molecule has 0 aliphatic carbocycles. The third kappa shape index (κ3) is 3.03. The van der Waals surface area contributed by atoms with Crippen LogP contribution in [-0.2, 0) is 0 Å². The highest BCUT2D eigenvalue weighted by Crippen LogP contribution is 2.30. The van der Waals surface area contributed by atoms with E-state index >= 15 is 0 Å². The lowest BCUT2D eigenvalue weighted by Crippen LogP contribution is -1.99. The summed E-state index contributed by atoms with van der Waals surface area (Å²) in [5, 5.41) is 9.00. The Hall–Kier alpha value is -2.07. The van der Waals surface area contributed by atoms with Crippen molar-refractivity contribution in [2.45, 2.75) is 13.8 Å². The van der Waals surface area contributed by atoms with Crippen LogP contribution in [0.1, 0.15) is 21.5 Å². The minimum Gasteiger partial charge on any atom is -0.478 e. The van der Waals surface area contributed by atoms with E-state index in [1.165, 1.54) is 12.3 Å². The van der Waals surface area contributed by atoms with Crippen LogP contribution in [0.2, 0.25) is 5.02 Å². The van der Waals surface area contributed by atoms with Gasteiger partial charge in [-0.25, -0.2) is 9.78 Å². The lowest BCUT2D eigenvalue weighted by molar-refractivity contribution is 0.0696. The van der Waals surface area contributed by atoms with E-state index in [9.17, 15) is 4.79 Å². The van der Waals surface area contributed by atoms with Crippen LogP contribution < -0.4 is 4.74 Å². The first kappa shape index (κ1) is 13.4. The molecule has 19 heavy (non-hydrogen) atoms. The third-order valence-corrected chi connectivity index (χ3v) is 2.88. The summed E-state index contributed by atoms with van der Waals surface area (Å²) >= 11 is 5.96. The molecular weight excluding hydrogens is 266 g/mol. The lowest BCUT2D eigenvalue weighted by atomic mass is 10.1. The van der Waals surface area contributed by atoms with Gasteiger partial charge in [0, 0.05) is 6.20 Å². The predicted octanol–water partition coefficient (Wildman–Crippen LogP) is 3.84. The second-order valence-corrected chi connectivity index (χ2v) is 4.59. The number of aromatic carboxylic acids is 1. The van der Waals surface area contributed by atoms with Gasteiger partial charge >= 0.3 is 5.97 Å². The highest BCUT2D eigenvalue weighted by Gasteiger charge is 2.11. The van der Waals surface area contributed by atoms with Crippen LogP contribution in [0.4, 0.5) is 0 Å². The van der Waals surface area contributed by atoms with Gasteiger partial charge in [0.1, 0.15) is 10.8 Å². The van der Waals surface area contributed by atoms with Crippen LogP contribution in [0.15, 0.2) is 30.5 Å². The Bertz CT molecular complexity index is 641. The lowest BCUT2D eigenvalue weighted by Gasteiger charge is -2.10. The van der Waals surface area contributed by atoms with Gasteiger partial charge in [-0.05, 0) is 37.1 Å². The molecule has 0 aliphatic heterocycles. The van der Waals surface area contributed by atoms with Crippen LogP contribution >= 0.6 is 11.6 Å². The maximum atomic E-state index is 10.8. The Kier molecular flexibility index (Phi) is 3.71. The molecule has 2 rings (SSSR count). The summed E-state index contributed by atoms with van der Waals surface area (Å²) in [5.41, 5.74) is 2.03. The Labute approximate surface area is 115 Å². The Morgan fingerprint density at radius 2 is 2.05 bits per heavy atom. The number of rotatable bonds is 3. The normalized spacial score (nSPS) is 10.3. The maximum Gasteiger partial charge on any atom is 0.337 e. The molecule has 4 nitrogen and oxygen atoms in total. The molecule has 0 fully saturated rings. The zero-order valence-electron chi connectivity index (χ0n) is 10.5. The van der Waals surface area contributed by atoms with Gasteiger partial charge in [0.2, 0.25) is 5.88 Å². The van der Waals surface area contributed by atoms with Crippen LogP contribution in [0.5, 0.6) is 11.6 Å². The number of benzene rings is 1. The number of ether oxygens (including phenoxy) is 1. The number of pyridine rings is 1. The van der Waals surface area contributed by atoms with E-state index in [1.54, 1.807) is 0 Å². The third-order valence-electron chi connectivity index (χ3n) is 2.60. The smallest absolute Gasteiger partial charge is 0.337 e. The van der Waals surface area contributed by atoms with Crippen molar-refractivity contribution >= 4 is 17.6 Å². The standard InChI is InChI=1S/C14H12ClNO3/c1-8-3-4-9(2)12(5-8)19-13-11(15)6-10(7-16-13)14(17)18/h3-7H,1-2H3,(H,17,18). The van der Waals surface area contributed by atoms with E-state index in [4.69, 9.17) is 21.4 Å². The molecule has 1 heterocycles. The average molecular weight is 278 g/mol. The van der Waals surface area contributed by atoms with E-state index in [0.717, 1.165) is 11.1 Å². The van der Waals surface area contributed by atoms with Gasteiger partial charge < -0.3 is 9.84 Å². The van der Waals surface area contributed by atoms with Crippen molar-refractivity contribution in [1.82, 2.24) is 4.98 Å². The minimum absolute atomic E-state index is 0.0262. The number of hydrogen-bond acceptors (Lipinski definition) is 3. The number of aryl methyl sites for hydroxylation is 2. The number of carbonyl (C=O) groups is 1. The van der Waals surface area contributed by atoms with Gasteiger partial charge in [-0.1, -0.05) is 23.7 Å². The Morgan fingerprint density at radius 3 is 2.68 bits per heavy atom. The number of hydrogen-bond donors (Lipinski definition) is 1. The summed E-state index contributed by atoms with van der Waals surface area (Å²) in [6, 6.07) is 7.10. The molecule has 2 aromatic rings.